The van der Waals surface area contributed by atoms with E-state index in [4.69, 9.17) is 0 Å². The Morgan fingerprint density at radius 1 is 1.25 bits per heavy atom. The zero-order chi connectivity index (χ0) is 12.3. The van der Waals surface area contributed by atoms with Crippen LogP contribution in [0.1, 0.15) is 26.7 Å². The molecule has 1 atom stereocenters. The molecule has 1 fully saturated rings. The second-order valence-electron chi connectivity index (χ2n) is 3.24. The maximum Gasteiger partial charge on any atom is 0.373 e. The van der Waals surface area contributed by atoms with Crippen LogP contribution in [0.25, 0.3) is 0 Å². The van der Waals surface area contributed by atoms with Gasteiger partial charge in [0, 0.05) is 19.8 Å². The van der Waals surface area contributed by atoms with Crippen LogP contribution >= 0.6 is 0 Å². The number of nitrogens with zero attached hydrogens (tertiary/aromatic N) is 1. The largest absolute Gasteiger partial charge is 0.451 e. The van der Waals surface area contributed by atoms with Gasteiger partial charge in [-0.2, -0.15) is 0 Å². The van der Waals surface area contributed by atoms with Crippen LogP contribution in [0.3, 0.4) is 0 Å². The molecular weight excluding hydrogens is 218 g/mol. The Labute approximate surface area is 91.2 Å². The fourth-order valence-corrected chi connectivity index (χ4v) is 1.12. The summed E-state index contributed by atoms with van der Waals surface area (Å²) in [7, 11) is 0. The molecule has 1 rings (SSSR count). The highest BCUT2D eigenvalue weighted by Gasteiger charge is 2.34. The van der Waals surface area contributed by atoms with E-state index in [1.165, 1.54) is 6.92 Å². The highest BCUT2D eigenvalue weighted by atomic mass is 16.7. The molecule has 16 heavy (non-hydrogen) atoms. The number of rotatable bonds is 3. The van der Waals surface area contributed by atoms with E-state index in [1.807, 2.05) is 0 Å². The maximum absolute atomic E-state index is 11.3. The van der Waals surface area contributed by atoms with Gasteiger partial charge in [0.1, 0.15) is 0 Å². The van der Waals surface area contributed by atoms with E-state index in [2.05, 4.69) is 9.57 Å². The summed E-state index contributed by atoms with van der Waals surface area (Å²) in [5, 5.41) is 0.405. The lowest BCUT2D eigenvalue weighted by Crippen LogP contribution is -2.36. The predicted molar refractivity (Wildman–Crippen MR) is 48.4 cm³/mol. The Kier molecular flexibility index (Phi) is 3.60. The normalized spacial score (nSPS) is 17.2. The molecule has 7 nitrogen and oxygen atoms in total. The van der Waals surface area contributed by atoms with Gasteiger partial charge in [0.2, 0.25) is 0 Å². The fraction of sp³-hybridized carbons (Fsp3) is 0.556. The first-order valence-electron chi connectivity index (χ1n) is 4.66. The highest BCUT2D eigenvalue weighted by Crippen LogP contribution is 2.13. The third-order valence-electron chi connectivity index (χ3n) is 1.86. The van der Waals surface area contributed by atoms with Crippen molar-refractivity contribution in [3.05, 3.63) is 0 Å². The van der Waals surface area contributed by atoms with Gasteiger partial charge in [-0.15, -0.1) is 5.06 Å². The monoisotopic (exact) mass is 229 g/mol. The van der Waals surface area contributed by atoms with Crippen molar-refractivity contribution in [3.8, 4) is 0 Å². The molecule has 1 aliphatic rings. The topological polar surface area (TPSA) is 90.0 Å². The van der Waals surface area contributed by atoms with Crippen molar-refractivity contribution in [1.29, 1.82) is 0 Å². The first-order chi connectivity index (χ1) is 7.41. The number of amides is 2. The molecule has 0 saturated carbocycles. The SMILES string of the molecule is CC(=O)O[C@@H](C)C(=O)ON1C(=O)CCC1=O. The van der Waals surface area contributed by atoms with Crippen LogP contribution in [0.2, 0.25) is 0 Å². The van der Waals surface area contributed by atoms with Crippen LogP contribution in [0.5, 0.6) is 0 Å². The van der Waals surface area contributed by atoms with Crippen LogP contribution in [0.4, 0.5) is 0 Å². The van der Waals surface area contributed by atoms with Gasteiger partial charge in [-0.05, 0) is 6.92 Å². The molecule has 0 aliphatic carbocycles. The van der Waals surface area contributed by atoms with Crippen LogP contribution in [0, 0.1) is 0 Å². The number of hydrogen-bond donors (Lipinski definition) is 0. The van der Waals surface area contributed by atoms with E-state index >= 15 is 0 Å². The number of hydroxylamine groups is 2. The van der Waals surface area contributed by atoms with Crippen molar-refractivity contribution in [1.82, 2.24) is 5.06 Å². The number of carbonyl (C=O) groups is 4. The standard InChI is InChI=1S/C9H11NO6/c1-5(15-6(2)11)9(14)16-10-7(12)3-4-8(10)13/h5H,3-4H2,1-2H3/t5-/m0/s1. The number of esters is 1. The van der Waals surface area contributed by atoms with Gasteiger partial charge in [-0.25, -0.2) is 4.79 Å². The smallest absolute Gasteiger partial charge is 0.373 e. The Morgan fingerprint density at radius 2 is 1.75 bits per heavy atom. The molecule has 0 unspecified atom stereocenters. The lowest BCUT2D eigenvalue weighted by molar-refractivity contribution is -0.204. The molecular formula is C9H11NO6. The summed E-state index contributed by atoms with van der Waals surface area (Å²) in [4.78, 5) is 48.5. The predicted octanol–water partition coefficient (Wildman–Crippen LogP) is -0.455. The summed E-state index contributed by atoms with van der Waals surface area (Å²) < 4.78 is 4.53. The van der Waals surface area contributed by atoms with Crippen molar-refractivity contribution < 1.29 is 28.8 Å². The molecule has 0 radical (unpaired) electrons. The summed E-state index contributed by atoms with van der Waals surface area (Å²) >= 11 is 0. The average molecular weight is 229 g/mol. The van der Waals surface area contributed by atoms with Crippen LogP contribution < -0.4 is 0 Å². The highest BCUT2D eigenvalue weighted by molar-refractivity contribution is 6.01. The van der Waals surface area contributed by atoms with Crippen molar-refractivity contribution in [2.24, 2.45) is 0 Å². The fourth-order valence-electron chi connectivity index (χ4n) is 1.12. The number of ether oxygens (including phenoxy) is 1. The molecule has 0 aromatic carbocycles. The second-order valence-corrected chi connectivity index (χ2v) is 3.24. The Balaban J connectivity index is 2.53. The Bertz CT molecular complexity index is 334. The lowest BCUT2D eigenvalue weighted by Gasteiger charge is -2.15. The molecule has 1 heterocycles. The third kappa shape index (κ3) is 2.78. The summed E-state index contributed by atoms with van der Waals surface area (Å²) in [6.07, 6.45) is -1.11. The molecule has 0 spiro atoms. The molecule has 7 heteroatoms. The maximum atomic E-state index is 11.3. The molecule has 0 N–H and O–H groups in total. The summed E-state index contributed by atoms with van der Waals surface area (Å²) in [6, 6.07) is 0. The third-order valence-corrected chi connectivity index (χ3v) is 1.86. The Morgan fingerprint density at radius 3 is 2.19 bits per heavy atom. The van der Waals surface area contributed by atoms with E-state index in [0.717, 1.165) is 6.92 Å². The molecule has 1 aliphatic heterocycles. The average Bonchev–Trinajstić information content (AvgIpc) is 2.48. The van der Waals surface area contributed by atoms with E-state index in [-0.39, 0.29) is 12.8 Å². The van der Waals surface area contributed by atoms with Gasteiger partial charge in [-0.1, -0.05) is 0 Å². The number of imide groups is 1. The molecule has 0 aromatic rings. The first-order valence-corrected chi connectivity index (χ1v) is 4.66. The zero-order valence-corrected chi connectivity index (χ0v) is 8.89. The van der Waals surface area contributed by atoms with Gasteiger partial charge in [-0.3, -0.25) is 14.4 Å². The molecule has 0 bridgehead atoms. The second kappa shape index (κ2) is 4.73. The molecule has 2 amide bonds. The lowest BCUT2D eigenvalue weighted by atomic mass is 10.4. The summed E-state index contributed by atoms with van der Waals surface area (Å²) in [5.41, 5.74) is 0. The van der Waals surface area contributed by atoms with Crippen molar-refractivity contribution in [2.45, 2.75) is 32.8 Å². The van der Waals surface area contributed by atoms with Crippen LogP contribution in [-0.2, 0) is 28.8 Å². The minimum atomic E-state index is -1.15. The minimum absolute atomic E-state index is 0.0219. The van der Waals surface area contributed by atoms with E-state index in [0.29, 0.717) is 5.06 Å². The van der Waals surface area contributed by atoms with Crippen molar-refractivity contribution in [2.75, 3.05) is 0 Å². The number of hydrogen-bond acceptors (Lipinski definition) is 6. The van der Waals surface area contributed by atoms with Crippen molar-refractivity contribution >= 4 is 23.8 Å². The first kappa shape index (κ1) is 12.2. The van der Waals surface area contributed by atoms with E-state index in [9.17, 15) is 19.2 Å². The van der Waals surface area contributed by atoms with Gasteiger partial charge in [0.15, 0.2) is 6.10 Å². The molecule has 88 valence electrons. The summed E-state index contributed by atoms with van der Waals surface area (Å²) in [5.74, 6) is -2.76. The van der Waals surface area contributed by atoms with E-state index < -0.39 is 29.9 Å². The minimum Gasteiger partial charge on any atom is -0.451 e. The van der Waals surface area contributed by atoms with Crippen LogP contribution in [0.15, 0.2) is 0 Å². The summed E-state index contributed by atoms with van der Waals surface area (Å²) in [6.45, 7) is 2.42. The van der Waals surface area contributed by atoms with Crippen LogP contribution in [-0.4, -0.2) is 34.9 Å². The number of carbonyl (C=O) groups excluding carboxylic acids is 4. The van der Waals surface area contributed by atoms with Gasteiger partial charge >= 0.3 is 11.9 Å². The van der Waals surface area contributed by atoms with Crippen molar-refractivity contribution in [3.63, 3.8) is 0 Å². The Hall–Kier alpha value is -1.92. The van der Waals surface area contributed by atoms with Gasteiger partial charge < -0.3 is 9.57 Å². The molecule has 0 aromatic heterocycles. The zero-order valence-electron chi connectivity index (χ0n) is 8.89. The molecule has 1 saturated heterocycles. The van der Waals surface area contributed by atoms with Gasteiger partial charge in [0.25, 0.3) is 11.8 Å². The van der Waals surface area contributed by atoms with Gasteiger partial charge in [0.05, 0.1) is 0 Å². The van der Waals surface area contributed by atoms with E-state index in [1.54, 1.807) is 0 Å². The quantitative estimate of drug-likeness (QED) is 0.480.